The quantitative estimate of drug-likeness (QED) is 0.703. The first kappa shape index (κ1) is 15.3. The van der Waals surface area contributed by atoms with E-state index in [9.17, 15) is 4.39 Å². The molecule has 1 aromatic heterocycles. The number of thiophene rings is 1. The molecule has 0 aliphatic carbocycles. The van der Waals surface area contributed by atoms with Crippen LogP contribution in [0.15, 0.2) is 28.7 Å². The number of benzene rings is 1. The molecule has 0 amide bonds. The summed E-state index contributed by atoms with van der Waals surface area (Å²) in [6, 6.07) is 6.73. The largest absolute Gasteiger partial charge is 0.306 e. The van der Waals surface area contributed by atoms with Crippen molar-refractivity contribution in [1.82, 2.24) is 5.32 Å². The van der Waals surface area contributed by atoms with E-state index in [1.54, 1.807) is 12.1 Å². The molecule has 1 nitrogen and oxygen atoms in total. The summed E-state index contributed by atoms with van der Waals surface area (Å²) in [7, 11) is 0. The molecule has 0 aliphatic heterocycles. The van der Waals surface area contributed by atoms with Crippen molar-refractivity contribution >= 4 is 50.5 Å². The average Bonchev–Trinajstić information content (AvgIpc) is 2.69. The Morgan fingerprint density at radius 3 is 2.74 bits per heavy atom. The van der Waals surface area contributed by atoms with Crippen LogP contribution < -0.4 is 5.32 Å². The van der Waals surface area contributed by atoms with Crippen molar-refractivity contribution in [3.63, 3.8) is 0 Å². The van der Waals surface area contributed by atoms with Crippen molar-refractivity contribution < 1.29 is 4.39 Å². The van der Waals surface area contributed by atoms with E-state index in [1.807, 2.05) is 13.0 Å². The van der Waals surface area contributed by atoms with E-state index in [0.717, 1.165) is 10.0 Å². The highest BCUT2D eigenvalue weighted by Crippen LogP contribution is 2.34. The van der Waals surface area contributed by atoms with E-state index < -0.39 is 0 Å². The second kappa shape index (κ2) is 6.55. The van der Waals surface area contributed by atoms with Gasteiger partial charge in [0.2, 0.25) is 0 Å². The average molecular weight is 383 g/mol. The second-order valence-electron chi connectivity index (χ2n) is 4.12. The monoisotopic (exact) mass is 381 g/mol. The van der Waals surface area contributed by atoms with Crippen LogP contribution in [0.4, 0.5) is 4.39 Å². The first-order valence-corrected chi connectivity index (χ1v) is 7.96. The zero-order valence-corrected chi connectivity index (χ0v) is 13.9. The normalized spacial score (nSPS) is 12.7. The Kier molecular flexibility index (Phi) is 5.26. The van der Waals surface area contributed by atoms with Crippen LogP contribution in [0.2, 0.25) is 8.67 Å². The van der Waals surface area contributed by atoms with E-state index in [1.165, 1.54) is 17.4 Å². The topological polar surface area (TPSA) is 12.0 Å². The van der Waals surface area contributed by atoms with Gasteiger partial charge in [0.1, 0.15) is 5.82 Å². The molecule has 1 atom stereocenters. The van der Waals surface area contributed by atoms with Gasteiger partial charge in [0.15, 0.2) is 0 Å². The number of hydrogen-bond donors (Lipinski definition) is 1. The minimum Gasteiger partial charge on any atom is -0.306 e. The second-order valence-corrected chi connectivity index (χ2v) is 7.32. The molecule has 0 bridgehead atoms. The van der Waals surface area contributed by atoms with Gasteiger partial charge in [-0.2, -0.15) is 0 Å². The molecule has 19 heavy (non-hydrogen) atoms. The van der Waals surface area contributed by atoms with Crippen molar-refractivity contribution in [2.75, 3.05) is 0 Å². The summed E-state index contributed by atoms with van der Waals surface area (Å²) >= 11 is 16.7. The van der Waals surface area contributed by atoms with Crippen LogP contribution >= 0.6 is 50.5 Å². The summed E-state index contributed by atoms with van der Waals surface area (Å²) in [5, 5.41) is 3.24. The third-order valence-corrected chi connectivity index (χ3v) is 4.77. The van der Waals surface area contributed by atoms with Gasteiger partial charge in [-0.3, -0.25) is 0 Å². The van der Waals surface area contributed by atoms with Gasteiger partial charge in [0.05, 0.1) is 8.67 Å². The number of hydrogen-bond acceptors (Lipinski definition) is 2. The summed E-state index contributed by atoms with van der Waals surface area (Å²) in [5.41, 5.74) is 1.55. The highest BCUT2D eigenvalue weighted by atomic mass is 79.9. The zero-order chi connectivity index (χ0) is 14.0. The predicted molar refractivity (Wildman–Crippen MR) is 83.7 cm³/mol. The van der Waals surface area contributed by atoms with Crippen molar-refractivity contribution in [3.05, 3.63) is 54.4 Å². The SMILES string of the molecule is CC(NCc1cc(Br)ccc1F)c1cc(Cl)sc1Cl. The first-order valence-electron chi connectivity index (χ1n) is 5.59. The lowest BCUT2D eigenvalue weighted by molar-refractivity contribution is 0.545. The van der Waals surface area contributed by atoms with Crippen LogP contribution in [0.25, 0.3) is 0 Å². The highest BCUT2D eigenvalue weighted by Gasteiger charge is 2.13. The summed E-state index contributed by atoms with van der Waals surface area (Å²) in [5.74, 6) is -0.225. The Morgan fingerprint density at radius 1 is 1.37 bits per heavy atom. The molecule has 2 aromatic rings. The lowest BCUT2D eigenvalue weighted by Gasteiger charge is -2.14. The Bertz CT molecular complexity index is 588. The van der Waals surface area contributed by atoms with Gasteiger partial charge >= 0.3 is 0 Å². The standard InChI is InChI=1S/C13H11BrCl2FNS/c1-7(10-5-12(15)19-13(10)16)18-6-8-4-9(14)2-3-11(8)17/h2-5,7,18H,6H2,1H3. The molecule has 0 fully saturated rings. The summed E-state index contributed by atoms with van der Waals surface area (Å²) in [4.78, 5) is 0. The van der Waals surface area contributed by atoms with Crippen molar-refractivity contribution in [3.8, 4) is 0 Å². The van der Waals surface area contributed by atoms with Gasteiger partial charge in [-0.1, -0.05) is 39.1 Å². The Labute approximate surface area is 133 Å². The van der Waals surface area contributed by atoms with Crippen LogP contribution in [-0.2, 0) is 6.54 Å². The third-order valence-electron chi connectivity index (χ3n) is 2.76. The third kappa shape index (κ3) is 3.92. The van der Waals surface area contributed by atoms with Crippen molar-refractivity contribution in [2.45, 2.75) is 19.5 Å². The van der Waals surface area contributed by atoms with Gasteiger partial charge in [-0.15, -0.1) is 11.3 Å². The Balaban J connectivity index is 2.06. The maximum Gasteiger partial charge on any atom is 0.127 e. The molecule has 6 heteroatoms. The van der Waals surface area contributed by atoms with Gasteiger partial charge in [0, 0.05) is 22.6 Å². The fraction of sp³-hybridized carbons (Fsp3) is 0.231. The molecule has 0 saturated heterocycles. The summed E-state index contributed by atoms with van der Waals surface area (Å²) < 4.78 is 15.8. The maximum atomic E-state index is 13.6. The van der Waals surface area contributed by atoms with Gasteiger partial charge in [0.25, 0.3) is 0 Å². The molecular weight excluding hydrogens is 372 g/mol. The first-order chi connectivity index (χ1) is 8.97. The zero-order valence-electron chi connectivity index (χ0n) is 10.0. The molecule has 0 spiro atoms. The highest BCUT2D eigenvalue weighted by molar-refractivity contribution is 9.10. The van der Waals surface area contributed by atoms with Gasteiger partial charge < -0.3 is 5.32 Å². The molecule has 102 valence electrons. The van der Waals surface area contributed by atoms with Gasteiger partial charge in [-0.05, 0) is 36.8 Å². The maximum absolute atomic E-state index is 13.6. The molecule has 1 aromatic carbocycles. The summed E-state index contributed by atoms with van der Waals surface area (Å²) in [6.45, 7) is 2.40. The molecule has 1 N–H and O–H groups in total. The molecular formula is C13H11BrCl2FNS. The Morgan fingerprint density at radius 2 is 2.11 bits per heavy atom. The number of halogens is 4. The minimum absolute atomic E-state index is 0.00892. The number of nitrogens with one attached hydrogen (secondary N) is 1. The Hall–Kier alpha value is -0.130. The van der Waals surface area contributed by atoms with Crippen LogP contribution in [0.5, 0.6) is 0 Å². The van der Waals surface area contributed by atoms with Crippen LogP contribution in [0.1, 0.15) is 24.1 Å². The van der Waals surface area contributed by atoms with E-state index >= 15 is 0 Å². The minimum atomic E-state index is -0.225. The molecule has 0 aliphatic rings. The van der Waals surface area contributed by atoms with Crippen LogP contribution in [0, 0.1) is 5.82 Å². The van der Waals surface area contributed by atoms with Crippen molar-refractivity contribution in [1.29, 1.82) is 0 Å². The fourth-order valence-electron chi connectivity index (χ4n) is 1.70. The molecule has 0 radical (unpaired) electrons. The van der Waals surface area contributed by atoms with E-state index in [-0.39, 0.29) is 11.9 Å². The smallest absolute Gasteiger partial charge is 0.127 e. The van der Waals surface area contributed by atoms with Crippen molar-refractivity contribution in [2.24, 2.45) is 0 Å². The van der Waals surface area contributed by atoms with E-state index in [0.29, 0.717) is 20.8 Å². The fourth-order valence-corrected chi connectivity index (χ4v) is 3.75. The van der Waals surface area contributed by atoms with E-state index in [2.05, 4.69) is 21.2 Å². The lowest BCUT2D eigenvalue weighted by Crippen LogP contribution is -2.18. The molecule has 0 saturated carbocycles. The molecule has 2 rings (SSSR count). The molecule has 1 unspecified atom stereocenters. The summed E-state index contributed by atoms with van der Waals surface area (Å²) in [6.07, 6.45) is 0. The number of rotatable bonds is 4. The predicted octanol–water partition coefficient (Wildman–Crippen LogP) is 5.81. The van der Waals surface area contributed by atoms with Crippen LogP contribution in [-0.4, -0.2) is 0 Å². The van der Waals surface area contributed by atoms with Gasteiger partial charge in [-0.25, -0.2) is 4.39 Å². The van der Waals surface area contributed by atoms with Crippen LogP contribution in [0.3, 0.4) is 0 Å². The lowest BCUT2D eigenvalue weighted by atomic mass is 10.1. The molecule has 1 heterocycles. The van der Waals surface area contributed by atoms with E-state index in [4.69, 9.17) is 23.2 Å².